The van der Waals surface area contributed by atoms with Gasteiger partial charge < -0.3 is 10.2 Å². The fraction of sp³-hybridized carbons (Fsp3) is 0.357. The van der Waals surface area contributed by atoms with Gasteiger partial charge in [0.1, 0.15) is 5.82 Å². The van der Waals surface area contributed by atoms with E-state index < -0.39 is 0 Å². The van der Waals surface area contributed by atoms with Crippen LogP contribution in [0.2, 0.25) is 0 Å². The Balaban J connectivity index is 1.70. The van der Waals surface area contributed by atoms with Crippen LogP contribution in [0.4, 0.5) is 11.5 Å². The Morgan fingerprint density at radius 3 is 2.30 bits per heavy atom. The van der Waals surface area contributed by atoms with Crippen molar-refractivity contribution < 1.29 is 4.79 Å². The van der Waals surface area contributed by atoms with Crippen LogP contribution in [-0.4, -0.2) is 29.7 Å². The normalized spacial score (nSPS) is 19.1. The maximum Gasteiger partial charge on any atom is 0.162 e. The van der Waals surface area contributed by atoms with Gasteiger partial charge in [0.05, 0.1) is 17.4 Å². The van der Waals surface area contributed by atoms with Crippen molar-refractivity contribution in [2.75, 3.05) is 24.3 Å². The zero-order valence-corrected chi connectivity index (χ0v) is 20.4. The molecule has 1 aromatic heterocycles. The highest BCUT2D eigenvalue weighted by molar-refractivity contribution is 6.09. The van der Waals surface area contributed by atoms with Crippen LogP contribution in [0.5, 0.6) is 0 Å². The van der Waals surface area contributed by atoms with E-state index in [2.05, 4.69) is 79.5 Å². The summed E-state index contributed by atoms with van der Waals surface area (Å²) in [7, 11) is 4.08. The number of carbonyl (C=O) groups is 1. The van der Waals surface area contributed by atoms with Gasteiger partial charge in [-0.3, -0.25) is 4.79 Å². The van der Waals surface area contributed by atoms with Gasteiger partial charge in [0.25, 0.3) is 0 Å². The highest BCUT2D eigenvalue weighted by Crippen LogP contribution is 2.51. The highest BCUT2D eigenvalue weighted by Gasteiger charge is 2.42. The second-order valence-electron chi connectivity index (χ2n) is 10.5. The molecule has 0 bridgehead atoms. The molecule has 33 heavy (non-hydrogen) atoms. The third-order valence-corrected chi connectivity index (χ3v) is 6.87. The average Bonchev–Trinajstić information content (AvgIpc) is 3.09. The summed E-state index contributed by atoms with van der Waals surface area (Å²) in [6, 6.07) is 16.7. The minimum absolute atomic E-state index is 0.0672. The molecule has 0 spiro atoms. The number of ketones is 1. The van der Waals surface area contributed by atoms with Gasteiger partial charge in [0, 0.05) is 37.3 Å². The number of aryl methyl sites for hydroxylation is 2. The Labute approximate surface area is 196 Å². The smallest absolute Gasteiger partial charge is 0.162 e. The molecule has 5 rings (SSSR count). The van der Waals surface area contributed by atoms with Crippen molar-refractivity contribution >= 4 is 22.9 Å². The molecule has 2 heterocycles. The summed E-state index contributed by atoms with van der Waals surface area (Å²) in [4.78, 5) is 15.6. The number of Topliss-reactive ketones (excluding diaryl/α,β-unsaturated/α-hetero) is 1. The van der Waals surface area contributed by atoms with E-state index in [4.69, 9.17) is 5.10 Å². The lowest BCUT2D eigenvalue weighted by molar-refractivity contribution is -0.118. The van der Waals surface area contributed by atoms with E-state index in [0.717, 1.165) is 51.6 Å². The van der Waals surface area contributed by atoms with E-state index in [1.165, 1.54) is 5.56 Å². The van der Waals surface area contributed by atoms with Crippen LogP contribution in [0.15, 0.2) is 54.1 Å². The Morgan fingerprint density at radius 1 is 1.00 bits per heavy atom. The number of carbonyl (C=O) groups excluding carboxylic acids is 1. The van der Waals surface area contributed by atoms with Crippen molar-refractivity contribution in [2.24, 2.45) is 5.41 Å². The first kappa shape index (κ1) is 21.5. The summed E-state index contributed by atoms with van der Waals surface area (Å²) in [6.07, 6.45) is 1.44. The molecule has 0 radical (unpaired) electrons. The summed E-state index contributed by atoms with van der Waals surface area (Å²) in [5.74, 6) is 1.21. The van der Waals surface area contributed by atoms with Gasteiger partial charge in [-0.2, -0.15) is 5.10 Å². The maximum absolute atomic E-state index is 13.5. The first-order valence-electron chi connectivity index (χ1n) is 11.6. The van der Waals surface area contributed by atoms with Gasteiger partial charge in [0.15, 0.2) is 5.78 Å². The third-order valence-electron chi connectivity index (χ3n) is 6.87. The number of benzene rings is 2. The van der Waals surface area contributed by atoms with E-state index in [-0.39, 0.29) is 17.2 Å². The first-order valence-corrected chi connectivity index (χ1v) is 11.6. The molecule has 2 aliphatic rings. The Kier molecular flexibility index (Phi) is 4.96. The second kappa shape index (κ2) is 7.62. The van der Waals surface area contributed by atoms with E-state index in [1.54, 1.807) is 0 Å². The van der Waals surface area contributed by atoms with Gasteiger partial charge in [0.2, 0.25) is 0 Å². The second-order valence-corrected chi connectivity index (χ2v) is 10.5. The quantitative estimate of drug-likeness (QED) is 0.554. The standard InChI is InChI=1S/C28H32N4O/c1-17-7-11-21(12-8-17)32-27-24(18(2)30-32)22-15-28(3,4)16-23(33)25(22)26(29-27)19-9-13-20(14-10-19)31(5)6/h7-14,26,29H,15-16H2,1-6H3/t26-/m0/s1. The minimum Gasteiger partial charge on any atom is -0.378 e. The molecule has 0 amide bonds. The predicted molar refractivity (Wildman–Crippen MR) is 135 cm³/mol. The van der Waals surface area contributed by atoms with E-state index in [9.17, 15) is 4.79 Å². The van der Waals surface area contributed by atoms with Crippen LogP contribution < -0.4 is 10.2 Å². The summed E-state index contributed by atoms with van der Waals surface area (Å²) >= 11 is 0. The van der Waals surface area contributed by atoms with E-state index in [0.29, 0.717) is 6.42 Å². The van der Waals surface area contributed by atoms with Crippen LogP contribution in [-0.2, 0) is 4.79 Å². The van der Waals surface area contributed by atoms with Crippen molar-refractivity contribution in [2.45, 2.75) is 46.6 Å². The van der Waals surface area contributed by atoms with Crippen LogP contribution in [0.3, 0.4) is 0 Å². The number of rotatable bonds is 3. The van der Waals surface area contributed by atoms with Crippen molar-refractivity contribution in [3.05, 3.63) is 76.5 Å². The third kappa shape index (κ3) is 3.65. The molecule has 0 unspecified atom stereocenters. The predicted octanol–water partition coefficient (Wildman–Crippen LogP) is 5.86. The summed E-state index contributed by atoms with van der Waals surface area (Å²) in [5.41, 5.74) is 8.51. The number of hydrogen-bond donors (Lipinski definition) is 1. The molecule has 3 aromatic rings. The van der Waals surface area contributed by atoms with Gasteiger partial charge in [-0.15, -0.1) is 0 Å². The SMILES string of the molecule is Cc1ccc(-n2nc(C)c3c2N[C@@H](c2ccc(N(C)C)cc2)C2=C3CC(C)(C)CC2=O)cc1. The molecule has 1 N–H and O–H groups in total. The van der Waals surface area contributed by atoms with Crippen LogP contribution in [0, 0.1) is 19.3 Å². The maximum atomic E-state index is 13.5. The molecular formula is C28H32N4O. The van der Waals surface area contributed by atoms with Crippen LogP contribution >= 0.6 is 0 Å². The number of aromatic nitrogens is 2. The number of hydrogen-bond acceptors (Lipinski definition) is 4. The summed E-state index contributed by atoms with van der Waals surface area (Å²) < 4.78 is 2.00. The monoisotopic (exact) mass is 440 g/mol. The Bertz CT molecular complexity index is 1260. The van der Waals surface area contributed by atoms with Gasteiger partial charge in [-0.05, 0) is 61.1 Å². The number of nitrogens with zero attached hydrogens (tertiary/aromatic N) is 3. The van der Waals surface area contributed by atoms with Gasteiger partial charge >= 0.3 is 0 Å². The first-order chi connectivity index (χ1) is 15.6. The zero-order valence-electron chi connectivity index (χ0n) is 20.4. The summed E-state index contributed by atoms with van der Waals surface area (Å²) in [5, 5.41) is 8.65. The average molecular weight is 441 g/mol. The highest BCUT2D eigenvalue weighted by atomic mass is 16.1. The molecule has 2 aromatic carbocycles. The molecule has 1 atom stereocenters. The number of nitrogens with one attached hydrogen (secondary N) is 1. The van der Waals surface area contributed by atoms with E-state index >= 15 is 0 Å². The molecule has 0 fully saturated rings. The minimum atomic E-state index is -0.187. The molecule has 1 aliphatic heterocycles. The topological polar surface area (TPSA) is 50.2 Å². The molecule has 1 aliphatic carbocycles. The van der Waals surface area contributed by atoms with Crippen molar-refractivity contribution in [1.29, 1.82) is 0 Å². The molecule has 5 heteroatoms. The van der Waals surface area contributed by atoms with Crippen LogP contribution in [0.1, 0.15) is 55.1 Å². The molecule has 0 saturated heterocycles. The Hall–Kier alpha value is -3.34. The van der Waals surface area contributed by atoms with Crippen molar-refractivity contribution in [3.63, 3.8) is 0 Å². The molecule has 170 valence electrons. The fourth-order valence-electron chi connectivity index (χ4n) is 5.21. The van der Waals surface area contributed by atoms with Crippen LogP contribution in [0.25, 0.3) is 11.3 Å². The van der Waals surface area contributed by atoms with Crippen molar-refractivity contribution in [3.8, 4) is 5.69 Å². The lowest BCUT2D eigenvalue weighted by Gasteiger charge is -2.39. The van der Waals surface area contributed by atoms with Gasteiger partial charge in [-0.1, -0.05) is 43.7 Å². The van der Waals surface area contributed by atoms with Gasteiger partial charge in [-0.25, -0.2) is 4.68 Å². The lowest BCUT2D eigenvalue weighted by Crippen LogP contribution is -2.33. The number of fused-ring (bicyclic) bond motifs is 2. The van der Waals surface area contributed by atoms with Crippen molar-refractivity contribution in [1.82, 2.24) is 9.78 Å². The fourth-order valence-corrected chi connectivity index (χ4v) is 5.21. The number of allylic oxidation sites excluding steroid dienone is 1. The number of anilines is 2. The lowest BCUT2D eigenvalue weighted by atomic mass is 9.68. The zero-order chi connectivity index (χ0) is 23.5. The molecular weight excluding hydrogens is 408 g/mol. The largest absolute Gasteiger partial charge is 0.378 e. The Morgan fingerprint density at radius 2 is 1.67 bits per heavy atom. The molecule has 5 nitrogen and oxygen atoms in total. The van der Waals surface area contributed by atoms with E-state index in [1.807, 2.05) is 25.7 Å². The summed E-state index contributed by atoms with van der Waals surface area (Å²) in [6.45, 7) is 8.52. The molecule has 0 saturated carbocycles.